The van der Waals surface area contributed by atoms with Gasteiger partial charge in [0, 0.05) is 25.2 Å². The van der Waals surface area contributed by atoms with Crippen LogP contribution in [0.3, 0.4) is 0 Å². The SMILES string of the molecule is COc1cccc(CN2CCOC(C(=O)O)C2)c1F. The number of carboxylic acid groups (broad SMARTS) is 1. The van der Waals surface area contributed by atoms with E-state index in [2.05, 4.69) is 0 Å². The summed E-state index contributed by atoms with van der Waals surface area (Å²) in [6, 6.07) is 4.94. The van der Waals surface area contributed by atoms with E-state index in [1.165, 1.54) is 7.11 Å². The summed E-state index contributed by atoms with van der Waals surface area (Å²) in [6.07, 6.45) is -0.845. The molecule has 1 aliphatic rings. The Balaban J connectivity index is 2.06. The Hall–Kier alpha value is -1.66. The summed E-state index contributed by atoms with van der Waals surface area (Å²) >= 11 is 0. The summed E-state index contributed by atoms with van der Waals surface area (Å²) in [7, 11) is 1.41. The second-order valence-electron chi connectivity index (χ2n) is 4.37. The largest absolute Gasteiger partial charge is 0.494 e. The van der Waals surface area contributed by atoms with E-state index in [-0.39, 0.29) is 12.3 Å². The van der Waals surface area contributed by atoms with Crippen LogP contribution in [0.5, 0.6) is 5.75 Å². The van der Waals surface area contributed by atoms with E-state index in [1.54, 1.807) is 18.2 Å². The van der Waals surface area contributed by atoms with Gasteiger partial charge in [0.15, 0.2) is 17.7 Å². The maximum Gasteiger partial charge on any atom is 0.334 e. The lowest BCUT2D eigenvalue weighted by molar-refractivity contribution is -0.156. The van der Waals surface area contributed by atoms with E-state index in [9.17, 15) is 9.18 Å². The second kappa shape index (κ2) is 5.99. The van der Waals surface area contributed by atoms with Gasteiger partial charge in [0.25, 0.3) is 0 Å². The Bertz CT molecular complexity index is 466. The zero-order valence-electron chi connectivity index (χ0n) is 10.6. The summed E-state index contributed by atoms with van der Waals surface area (Å²) in [4.78, 5) is 12.7. The van der Waals surface area contributed by atoms with Crippen molar-refractivity contribution in [1.29, 1.82) is 0 Å². The quantitative estimate of drug-likeness (QED) is 0.887. The number of morpholine rings is 1. The molecular formula is C13H16FNO4. The molecule has 1 unspecified atom stereocenters. The molecule has 0 bridgehead atoms. The lowest BCUT2D eigenvalue weighted by atomic mass is 10.1. The molecule has 1 atom stereocenters. The Morgan fingerprint density at radius 3 is 3.11 bits per heavy atom. The molecule has 0 radical (unpaired) electrons. The van der Waals surface area contributed by atoms with Crippen molar-refractivity contribution in [3.8, 4) is 5.75 Å². The van der Waals surface area contributed by atoms with Crippen molar-refractivity contribution >= 4 is 5.97 Å². The molecule has 1 heterocycles. The van der Waals surface area contributed by atoms with Crippen LogP contribution < -0.4 is 4.74 Å². The molecule has 1 aromatic rings. The Morgan fingerprint density at radius 2 is 2.42 bits per heavy atom. The minimum atomic E-state index is -0.990. The van der Waals surface area contributed by atoms with E-state index in [1.807, 2.05) is 4.90 Å². The van der Waals surface area contributed by atoms with E-state index < -0.39 is 17.9 Å². The molecule has 5 nitrogen and oxygen atoms in total. The maximum atomic E-state index is 14.0. The first-order valence-corrected chi connectivity index (χ1v) is 6.00. The lowest BCUT2D eigenvalue weighted by Gasteiger charge is -2.30. The molecule has 0 aromatic heterocycles. The van der Waals surface area contributed by atoms with Gasteiger partial charge < -0.3 is 14.6 Å². The molecule has 2 rings (SSSR count). The van der Waals surface area contributed by atoms with Crippen molar-refractivity contribution in [2.45, 2.75) is 12.6 Å². The van der Waals surface area contributed by atoms with Crippen LogP contribution in [0.4, 0.5) is 4.39 Å². The first-order chi connectivity index (χ1) is 9.11. The summed E-state index contributed by atoms with van der Waals surface area (Å²) in [5.41, 5.74) is 0.491. The zero-order valence-corrected chi connectivity index (χ0v) is 10.6. The number of carbonyl (C=O) groups is 1. The summed E-state index contributed by atoms with van der Waals surface area (Å²) < 4.78 is 24.0. The van der Waals surface area contributed by atoms with Crippen molar-refractivity contribution in [2.75, 3.05) is 26.8 Å². The molecule has 19 heavy (non-hydrogen) atoms. The predicted octanol–water partition coefficient (Wildman–Crippen LogP) is 1.12. The van der Waals surface area contributed by atoms with Gasteiger partial charge in [0.1, 0.15) is 0 Å². The van der Waals surface area contributed by atoms with Crippen molar-refractivity contribution in [2.24, 2.45) is 0 Å². The van der Waals surface area contributed by atoms with Crippen LogP contribution in [0.15, 0.2) is 18.2 Å². The summed E-state index contributed by atoms with van der Waals surface area (Å²) in [5.74, 6) is -1.19. The van der Waals surface area contributed by atoms with Gasteiger partial charge in [-0.25, -0.2) is 9.18 Å². The van der Waals surface area contributed by atoms with Crippen LogP contribution >= 0.6 is 0 Å². The van der Waals surface area contributed by atoms with Crippen molar-refractivity contribution in [3.63, 3.8) is 0 Å². The fraction of sp³-hybridized carbons (Fsp3) is 0.462. The van der Waals surface area contributed by atoms with Crippen LogP contribution in [0.25, 0.3) is 0 Å². The van der Waals surface area contributed by atoms with Gasteiger partial charge in [-0.1, -0.05) is 12.1 Å². The fourth-order valence-electron chi connectivity index (χ4n) is 2.07. The third-order valence-corrected chi connectivity index (χ3v) is 3.08. The highest BCUT2D eigenvalue weighted by Gasteiger charge is 2.26. The number of aliphatic carboxylic acids is 1. The highest BCUT2D eigenvalue weighted by atomic mass is 19.1. The van der Waals surface area contributed by atoms with Gasteiger partial charge in [-0.15, -0.1) is 0 Å². The van der Waals surface area contributed by atoms with E-state index in [0.717, 1.165) is 0 Å². The first-order valence-electron chi connectivity index (χ1n) is 6.00. The number of hydrogen-bond donors (Lipinski definition) is 1. The number of nitrogens with zero attached hydrogens (tertiary/aromatic N) is 1. The van der Waals surface area contributed by atoms with E-state index in [0.29, 0.717) is 25.3 Å². The molecule has 1 N–H and O–H groups in total. The van der Waals surface area contributed by atoms with Crippen LogP contribution in [-0.2, 0) is 16.1 Å². The Labute approximate surface area is 110 Å². The minimum absolute atomic E-state index is 0.195. The van der Waals surface area contributed by atoms with Crippen molar-refractivity contribution < 1.29 is 23.8 Å². The number of ether oxygens (including phenoxy) is 2. The topological polar surface area (TPSA) is 59.0 Å². The van der Waals surface area contributed by atoms with Crippen LogP contribution in [0.1, 0.15) is 5.56 Å². The van der Waals surface area contributed by atoms with Gasteiger partial charge >= 0.3 is 5.97 Å². The molecule has 1 fully saturated rings. The number of halogens is 1. The normalized spacial score (nSPS) is 20.2. The number of benzene rings is 1. The van der Waals surface area contributed by atoms with Crippen LogP contribution in [0.2, 0.25) is 0 Å². The monoisotopic (exact) mass is 269 g/mol. The van der Waals surface area contributed by atoms with Crippen LogP contribution in [0, 0.1) is 5.82 Å². The number of hydrogen-bond acceptors (Lipinski definition) is 4. The molecule has 0 saturated carbocycles. The molecule has 1 saturated heterocycles. The summed E-state index contributed by atoms with van der Waals surface area (Å²) in [6.45, 7) is 1.52. The molecule has 0 aliphatic carbocycles. The van der Waals surface area contributed by atoms with Gasteiger partial charge in [0.2, 0.25) is 0 Å². The Morgan fingerprint density at radius 1 is 1.63 bits per heavy atom. The van der Waals surface area contributed by atoms with Gasteiger partial charge in [-0.3, -0.25) is 4.90 Å². The van der Waals surface area contributed by atoms with E-state index >= 15 is 0 Å². The fourth-order valence-corrected chi connectivity index (χ4v) is 2.07. The van der Waals surface area contributed by atoms with E-state index in [4.69, 9.17) is 14.6 Å². The minimum Gasteiger partial charge on any atom is -0.494 e. The molecule has 1 aliphatic heterocycles. The molecule has 104 valence electrons. The summed E-state index contributed by atoms with van der Waals surface area (Å²) in [5, 5.41) is 8.91. The lowest BCUT2D eigenvalue weighted by Crippen LogP contribution is -2.45. The van der Waals surface area contributed by atoms with Crippen LogP contribution in [-0.4, -0.2) is 48.9 Å². The first kappa shape index (κ1) is 13.8. The number of rotatable bonds is 4. The number of carboxylic acids is 1. The molecule has 1 aromatic carbocycles. The van der Waals surface area contributed by atoms with Crippen molar-refractivity contribution in [1.82, 2.24) is 4.90 Å². The smallest absolute Gasteiger partial charge is 0.334 e. The van der Waals surface area contributed by atoms with Gasteiger partial charge in [-0.05, 0) is 6.07 Å². The zero-order chi connectivity index (χ0) is 13.8. The third kappa shape index (κ3) is 3.21. The van der Waals surface area contributed by atoms with Gasteiger partial charge in [-0.2, -0.15) is 0 Å². The standard InChI is InChI=1S/C13H16FNO4/c1-18-10-4-2-3-9(12(10)14)7-15-5-6-19-11(8-15)13(16)17/h2-4,11H,5-8H2,1H3,(H,16,17). The average Bonchev–Trinajstić information content (AvgIpc) is 2.41. The average molecular weight is 269 g/mol. The highest BCUT2D eigenvalue weighted by molar-refractivity contribution is 5.72. The molecule has 0 amide bonds. The molecule has 6 heteroatoms. The molecule has 0 spiro atoms. The predicted molar refractivity (Wildman–Crippen MR) is 65.6 cm³/mol. The maximum absolute atomic E-state index is 14.0. The second-order valence-corrected chi connectivity index (χ2v) is 4.37. The van der Waals surface area contributed by atoms with Gasteiger partial charge in [0.05, 0.1) is 13.7 Å². The van der Waals surface area contributed by atoms with Crippen molar-refractivity contribution in [3.05, 3.63) is 29.6 Å². The number of methoxy groups -OCH3 is 1. The molecular weight excluding hydrogens is 253 g/mol. The Kier molecular flexibility index (Phi) is 4.34. The highest BCUT2D eigenvalue weighted by Crippen LogP contribution is 2.21. The third-order valence-electron chi connectivity index (χ3n) is 3.08.